The fraction of sp³-hybridized carbons (Fsp3) is 0.840. The molecule has 29 heavy (non-hydrogen) atoms. The quantitative estimate of drug-likeness (QED) is 0.593. The van der Waals surface area contributed by atoms with Gasteiger partial charge in [-0.1, -0.05) is 51.0 Å². The molecule has 164 valence electrons. The highest BCUT2D eigenvalue weighted by molar-refractivity contribution is 5.10. The summed E-state index contributed by atoms with van der Waals surface area (Å²) in [5.41, 5.74) is 2.82. The van der Waals surface area contributed by atoms with Crippen molar-refractivity contribution in [1.82, 2.24) is 0 Å². The van der Waals surface area contributed by atoms with Gasteiger partial charge in [0.1, 0.15) is 0 Å². The lowest BCUT2D eigenvalue weighted by Crippen LogP contribution is -2.56. The summed E-state index contributed by atoms with van der Waals surface area (Å²) in [7, 11) is 0. The maximum atomic E-state index is 6.30. The smallest absolute Gasteiger partial charge is 0.161 e. The Kier molecular flexibility index (Phi) is 6.28. The van der Waals surface area contributed by atoms with Gasteiger partial charge in [-0.15, -0.1) is 0 Å². The first kappa shape index (κ1) is 21.5. The Morgan fingerprint density at radius 1 is 0.655 bits per heavy atom. The van der Waals surface area contributed by atoms with Crippen LogP contribution in [0.15, 0.2) is 23.3 Å². The van der Waals surface area contributed by atoms with E-state index in [9.17, 15) is 0 Å². The number of hydrogen-bond acceptors (Lipinski definition) is 4. The van der Waals surface area contributed by atoms with E-state index < -0.39 is 0 Å². The molecule has 0 bridgehead atoms. The van der Waals surface area contributed by atoms with Crippen LogP contribution < -0.4 is 0 Å². The monoisotopic (exact) mass is 404 g/mol. The summed E-state index contributed by atoms with van der Waals surface area (Å²) in [5, 5.41) is 0. The minimum absolute atomic E-state index is 0.112. The van der Waals surface area contributed by atoms with E-state index in [4.69, 9.17) is 18.9 Å². The highest BCUT2D eigenvalue weighted by Crippen LogP contribution is 2.43. The van der Waals surface area contributed by atoms with Gasteiger partial charge in [0.2, 0.25) is 0 Å². The molecule has 6 atom stereocenters. The van der Waals surface area contributed by atoms with Crippen molar-refractivity contribution in [2.45, 2.75) is 67.0 Å². The zero-order chi connectivity index (χ0) is 20.8. The maximum Gasteiger partial charge on any atom is 0.161 e. The predicted molar refractivity (Wildman–Crippen MR) is 114 cm³/mol. The lowest BCUT2D eigenvalue weighted by Gasteiger charge is -2.49. The molecule has 0 aromatic carbocycles. The van der Waals surface area contributed by atoms with Crippen molar-refractivity contribution in [1.29, 1.82) is 0 Å². The fourth-order valence-corrected chi connectivity index (χ4v) is 6.44. The number of rotatable bonds is 2. The predicted octanol–water partition coefficient (Wildman–Crippen LogP) is 5.20. The topological polar surface area (TPSA) is 36.9 Å². The molecular weight excluding hydrogens is 364 g/mol. The molecule has 0 N–H and O–H groups in total. The summed E-state index contributed by atoms with van der Waals surface area (Å²) in [6.07, 6.45) is 6.84. The zero-order valence-corrected chi connectivity index (χ0v) is 19.1. The lowest BCUT2D eigenvalue weighted by atomic mass is 9.74. The number of allylic oxidation sites excluding steroid dienone is 4. The average Bonchev–Trinajstić information content (AvgIpc) is 2.63. The third-order valence-corrected chi connectivity index (χ3v) is 7.75. The summed E-state index contributed by atoms with van der Waals surface area (Å²) in [6.45, 7) is 16.4. The SMILES string of the molecule is CC1=C[C@@H](C)[C@H](C2OCC3(CO2)COC([C@H]2[C@@H](C)C=C(C)C[C@@H]2C)OC3)[C@@H](C)C1. The van der Waals surface area contributed by atoms with E-state index in [1.807, 2.05) is 0 Å². The van der Waals surface area contributed by atoms with Gasteiger partial charge in [0.05, 0.1) is 31.8 Å². The van der Waals surface area contributed by atoms with E-state index in [0.29, 0.717) is 61.9 Å². The average molecular weight is 405 g/mol. The molecule has 0 aromatic heterocycles. The summed E-state index contributed by atoms with van der Waals surface area (Å²) in [4.78, 5) is 0. The van der Waals surface area contributed by atoms with Gasteiger partial charge in [-0.25, -0.2) is 0 Å². The van der Waals surface area contributed by atoms with Crippen molar-refractivity contribution in [3.63, 3.8) is 0 Å². The van der Waals surface area contributed by atoms with Crippen molar-refractivity contribution in [2.24, 2.45) is 40.9 Å². The highest BCUT2D eigenvalue weighted by Gasteiger charge is 2.47. The second-order valence-electron chi connectivity index (χ2n) is 10.7. The third-order valence-electron chi connectivity index (χ3n) is 7.75. The van der Waals surface area contributed by atoms with Crippen LogP contribution in [-0.4, -0.2) is 39.0 Å². The van der Waals surface area contributed by atoms with E-state index in [0.717, 1.165) is 12.8 Å². The molecule has 0 saturated carbocycles. The first-order valence-corrected chi connectivity index (χ1v) is 11.6. The molecule has 0 unspecified atom stereocenters. The van der Waals surface area contributed by atoms with Crippen LogP contribution in [0, 0.1) is 40.9 Å². The molecular formula is C25H40O4. The summed E-state index contributed by atoms with van der Waals surface area (Å²) < 4.78 is 25.2. The van der Waals surface area contributed by atoms with E-state index in [1.54, 1.807) is 0 Å². The van der Waals surface area contributed by atoms with Gasteiger partial charge in [0.25, 0.3) is 0 Å². The maximum absolute atomic E-state index is 6.30. The summed E-state index contributed by atoms with van der Waals surface area (Å²) in [6, 6.07) is 0. The van der Waals surface area contributed by atoms with Crippen molar-refractivity contribution < 1.29 is 18.9 Å². The molecule has 2 heterocycles. The first-order chi connectivity index (χ1) is 13.8. The van der Waals surface area contributed by atoms with Gasteiger partial charge in [0, 0.05) is 11.8 Å². The van der Waals surface area contributed by atoms with Gasteiger partial charge >= 0.3 is 0 Å². The van der Waals surface area contributed by atoms with Crippen LogP contribution in [0.25, 0.3) is 0 Å². The van der Waals surface area contributed by atoms with Crippen LogP contribution in [0.1, 0.15) is 54.4 Å². The largest absolute Gasteiger partial charge is 0.351 e. The molecule has 4 aliphatic rings. The Morgan fingerprint density at radius 3 is 1.31 bits per heavy atom. The van der Waals surface area contributed by atoms with Crippen LogP contribution >= 0.6 is 0 Å². The van der Waals surface area contributed by atoms with Crippen LogP contribution in [0.5, 0.6) is 0 Å². The van der Waals surface area contributed by atoms with Gasteiger partial charge in [-0.05, 0) is 50.4 Å². The standard InChI is InChI=1S/C25H40O4/c1-15-7-17(3)21(18(4)8-15)23-26-11-25(12-27-23)13-28-24(29-14-25)22-19(5)9-16(2)10-20(22)6/h7,9,17-24H,8,10-14H2,1-6H3/t17-,18-,19+,20-,21-,22-,23?,24?,25?/m0/s1. The minimum atomic E-state index is -0.160. The van der Waals surface area contributed by atoms with Crippen molar-refractivity contribution in [3.05, 3.63) is 23.3 Å². The fourth-order valence-electron chi connectivity index (χ4n) is 6.44. The number of ether oxygens (including phenoxy) is 4. The summed E-state index contributed by atoms with van der Waals surface area (Å²) >= 11 is 0. The second-order valence-corrected chi connectivity index (χ2v) is 10.7. The molecule has 0 radical (unpaired) electrons. The van der Waals surface area contributed by atoms with Crippen LogP contribution in [0.3, 0.4) is 0 Å². The molecule has 0 aromatic rings. The Bertz CT molecular complexity index is 578. The molecule has 4 nitrogen and oxygen atoms in total. The van der Waals surface area contributed by atoms with Gasteiger partial charge in [-0.2, -0.15) is 0 Å². The molecule has 4 heteroatoms. The minimum Gasteiger partial charge on any atom is -0.351 e. The van der Waals surface area contributed by atoms with Crippen LogP contribution in [-0.2, 0) is 18.9 Å². The van der Waals surface area contributed by atoms with Crippen molar-refractivity contribution in [2.75, 3.05) is 26.4 Å². The van der Waals surface area contributed by atoms with Crippen molar-refractivity contribution >= 4 is 0 Å². The molecule has 2 fully saturated rings. The molecule has 2 saturated heterocycles. The Balaban J connectivity index is 1.33. The lowest BCUT2D eigenvalue weighted by molar-refractivity contribution is -0.327. The normalized spacial score (nSPS) is 48.9. The Hall–Kier alpha value is -0.680. The third kappa shape index (κ3) is 4.37. The van der Waals surface area contributed by atoms with E-state index in [2.05, 4.69) is 53.7 Å². The van der Waals surface area contributed by atoms with Gasteiger partial charge < -0.3 is 18.9 Å². The molecule has 1 spiro atoms. The Labute approximate surface area is 177 Å². The molecule has 2 aliphatic heterocycles. The summed E-state index contributed by atoms with van der Waals surface area (Å²) in [5.74, 6) is 3.01. The van der Waals surface area contributed by atoms with E-state index in [-0.39, 0.29) is 18.0 Å². The highest BCUT2D eigenvalue weighted by atomic mass is 16.7. The Morgan fingerprint density at radius 2 is 1.00 bits per heavy atom. The first-order valence-electron chi connectivity index (χ1n) is 11.6. The van der Waals surface area contributed by atoms with Gasteiger partial charge in [0.15, 0.2) is 12.6 Å². The number of hydrogen-bond donors (Lipinski definition) is 0. The molecule has 2 aliphatic carbocycles. The van der Waals surface area contributed by atoms with Gasteiger partial charge in [-0.3, -0.25) is 0 Å². The zero-order valence-electron chi connectivity index (χ0n) is 19.1. The molecule has 4 rings (SSSR count). The van der Waals surface area contributed by atoms with E-state index in [1.165, 1.54) is 11.1 Å². The van der Waals surface area contributed by atoms with Crippen LogP contribution in [0.4, 0.5) is 0 Å². The van der Waals surface area contributed by atoms with Crippen molar-refractivity contribution in [3.8, 4) is 0 Å². The molecule has 0 amide bonds. The van der Waals surface area contributed by atoms with E-state index >= 15 is 0 Å². The second kappa shape index (κ2) is 8.45. The van der Waals surface area contributed by atoms with Crippen LogP contribution in [0.2, 0.25) is 0 Å².